The van der Waals surface area contributed by atoms with Gasteiger partial charge < -0.3 is 0 Å². The molecule has 0 saturated heterocycles. The molecule has 4 aromatic rings. The molecule has 1 amide bonds. The molecule has 0 radical (unpaired) electrons. The van der Waals surface area contributed by atoms with E-state index in [-0.39, 0.29) is 11.7 Å². The van der Waals surface area contributed by atoms with Crippen molar-refractivity contribution in [3.8, 4) is 17.1 Å². The monoisotopic (exact) mass is 516 g/mol. The van der Waals surface area contributed by atoms with Crippen molar-refractivity contribution in [2.45, 2.75) is 5.16 Å². The van der Waals surface area contributed by atoms with Gasteiger partial charge in [-0.25, -0.2) is 5.43 Å². The molecule has 166 valence electrons. The van der Waals surface area contributed by atoms with Crippen molar-refractivity contribution in [1.29, 1.82) is 0 Å². The number of pyridine rings is 1. The molecule has 0 unspecified atom stereocenters. The van der Waals surface area contributed by atoms with Crippen molar-refractivity contribution in [3.63, 3.8) is 0 Å². The first kappa shape index (κ1) is 23.3. The minimum absolute atomic E-state index is 0.0841. The molecule has 1 N–H and O–H groups in total. The van der Waals surface area contributed by atoms with Crippen LogP contribution < -0.4 is 5.43 Å². The summed E-state index contributed by atoms with van der Waals surface area (Å²) in [6.45, 7) is 0. The van der Waals surface area contributed by atoms with Crippen molar-refractivity contribution in [1.82, 2.24) is 25.2 Å². The zero-order valence-electron chi connectivity index (χ0n) is 16.8. The number of aromatic nitrogens is 4. The number of carbonyl (C=O) groups excluding carboxylic acids is 1. The van der Waals surface area contributed by atoms with Crippen LogP contribution in [0.25, 0.3) is 17.1 Å². The van der Waals surface area contributed by atoms with Gasteiger partial charge >= 0.3 is 0 Å². The predicted molar refractivity (Wildman–Crippen MR) is 133 cm³/mol. The summed E-state index contributed by atoms with van der Waals surface area (Å²) in [5.41, 5.74) is 4.86. The Labute approximate surface area is 208 Å². The molecule has 0 aliphatic carbocycles. The van der Waals surface area contributed by atoms with Gasteiger partial charge in [-0.1, -0.05) is 52.6 Å². The number of halogens is 3. The third-order valence-electron chi connectivity index (χ3n) is 4.34. The Balaban J connectivity index is 1.49. The second kappa shape index (κ2) is 10.8. The van der Waals surface area contributed by atoms with E-state index in [1.165, 1.54) is 18.0 Å². The Bertz CT molecular complexity index is 1300. The van der Waals surface area contributed by atoms with Crippen LogP contribution in [0.5, 0.6) is 0 Å². The van der Waals surface area contributed by atoms with E-state index >= 15 is 0 Å². The number of hydrogen-bond donors (Lipinski definition) is 1. The first-order valence-corrected chi connectivity index (χ1v) is 11.6. The van der Waals surface area contributed by atoms with Gasteiger partial charge in [-0.2, -0.15) is 5.10 Å². The van der Waals surface area contributed by atoms with E-state index < -0.39 is 0 Å². The van der Waals surface area contributed by atoms with E-state index in [2.05, 4.69) is 25.7 Å². The maximum Gasteiger partial charge on any atom is 0.250 e. The molecule has 0 atom stereocenters. The number of hydrazone groups is 1. The number of amides is 1. The van der Waals surface area contributed by atoms with Crippen molar-refractivity contribution in [2.24, 2.45) is 5.10 Å². The summed E-state index contributed by atoms with van der Waals surface area (Å²) in [4.78, 5) is 16.4. The molecule has 2 heterocycles. The lowest BCUT2D eigenvalue weighted by atomic mass is 10.2. The number of nitrogens with zero attached hydrogens (tertiary/aromatic N) is 5. The number of nitrogens with one attached hydrogen (secondary N) is 1. The number of carbonyl (C=O) groups is 1. The lowest BCUT2D eigenvalue weighted by Gasteiger charge is -2.10. The third-order valence-corrected chi connectivity index (χ3v) is 6.26. The van der Waals surface area contributed by atoms with Crippen molar-refractivity contribution >= 4 is 58.7 Å². The summed E-state index contributed by atoms with van der Waals surface area (Å²) in [7, 11) is 0. The molecule has 0 spiro atoms. The van der Waals surface area contributed by atoms with E-state index in [0.717, 1.165) is 11.3 Å². The topological polar surface area (TPSA) is 85.1 Å². The number of thioether (sulfide) groups is 1. The van der Waals surface area contributed by atoms with Crippen LogP contribution in [-0.2, 0) is 4.79 Å². The Morgan fingerprint density at radius 1 is 1.00 bits per heavy atom. The Kier molecular flexibility index (Phi) is 7.61. The quantitative estimate of drug-likeness (QED) is 0.198. The van der Waals surface area contributed by atoms with E-state index in [1.54, 1.807) is 42.7 Å². The van der Waals surface area contributed by atoms with Gasteiger partial charge in [0, 0.05) is 28.7 Å². The highest BCUT2D eigenvalue weighted by atomic mass is 35.5. The van der Waals surface area contributed by atoms with Crippen LogP contribution in [0.15, 0.2) is 77.2 Å². The average Bonchev–Trinajstić information content (AvgIpc) is 3.25. The lowest BCUT2D eigenvalue weighted by Crippen LogP contribution is -2.20. The summed E-state index contributed by atoms with van der Waals surface area (Å²) in [6, 6.07) is 16.0. The Hall–Kier alpha value is -2.91. The third kappa shape index (κ3) is 5.91. The van der Waals surface area contributed by atoms with Gasteiger partial charge in [0.15, 0.2) is 11.0 Å². The summed E-state index contributed by atoms with van der Waals surface area (Å²) >= 11 is 19.2. The van der Waals surface area contributed by atoms with Gasteiger partial charge in [-0.05, 0) is 54.1 Å². The van der Waals surface area contributed by atoms with Gasteiger partial charge in [-0.3, -0.25) is 14.3 Å². The molecule has 7 nitrogen and oxygen atoms in total. The predicted octanol–water partition coefficient (Wildman–Crippen LogP) is 5.53. The molecule has 2 aromatic carbocycles. The van der Waals surface area contributed by atoms with Crippen LogP contribution in [0.4, 0.5) is 0 Å². The molecular formula is C22H15Cl3N6OS. The second-order valence-electron chi connectivity index (χ2n) is 6.61. The summed E-state index contributed by atoms with van der Waals surface area (Å²) < 4.78 is 1.86. The van der Waals surface area contributed by atoms with Crippen LogP contribution in [0.3, 0.4) is 0 Å². The fourth-order valence-corrected chi connectivity index (χ4v) is 3.98. The summed E-state index contributed by atoms with van der Waals surface area (Å²) in [6.07, 6.45) is 4.85. The number of rotatable bonds is 7. The van der Waals surface area contributed by atoms with Gasteiger partial charge in [0.2, 0.25) is 0 Å². The van der Waals surface area contributed by atoms with E-state index in [1.807, 2.05) is 28.8 Å². The SMILES string of the molecule is O=C(CSc1nnc(-c2ccncc2)n1-c1ccc(Cl)cc1)N/N=C/c1ccc(Cl)c(Cl)c1. The number of hydrogen-bond acceptors (Lipinski definition) is 6. The maximum atomic E-state index is 12.3. The van der Waals surface area contributed by atoms with E-state index in [0.29, 0.717) is 31.6 Å². The molecule has 2 aromatic heterocycles. The standard InChI is InChI=1S/C22H15Cl3N6OS/c23-16-2-4-17(5-3-16)31-21(15-7-9-26-10-8-15)29-30-22(31)33-13-20(32)28-27-12-14-1-6-18(24)19(25)11-14/h1-12H,13H2,(H,28,32)/b27-12+. The van der Waals surface area contributed by atoms with Crippen molar-refractivity contribution < 1.29 is 4.79 Å². The maximum absolute atomic E-state index is 12.3. The average molecular weight is 518 g/mol. The highest BCUT2D eigenvalue weighted by Crippen LogP contribution is 2.28. The summed E-state index contributed by atoms with van der Waals surface area (Å²) in [5.74, 6) is 0.411. The molecule has 11 heteroatoms. The zero-order chi connectivity index (χ0) is 23.2. The Morgan fingerprint density at radius 3 is 2.48 bits per heavy atom. The van der Waals surface area contributed by atoms with Gasteiger partial charge in [0.25, 0.3) is 5.91 Å². The van der Waals surface area contributed by atoms with Gasteiger partial charge in [0.1, 0.15) is 0 Å². The van der Waals surface area contributed by atoms with E-state index in [9.17, 15) is 4.79 Å². The van der Waals surface area contributed by atoms with Crippen LogP contribution in [0.2, 0.25) is 15.1 Å². The van der Waals surface area contributed by atoms with Crippen molar-refractivity contribution in [3.05, 3.63) is 87.6 Å². The minimum Gasteiger partial charge on any atom is -0.272 e. The fourth-order valence-electron chi connectivity index (χ4n) is 2.81. The highest BCUT2D eigenvalue weighted by Gasteiger charge is 2.17. The molecule has 4 rings (SSSR count). The lowest BCUT2D eigenvalue weighted by molar-refractivity contribution is -0.118. The molecular weight excluding hydrogens is 503 g/mol. The van der Waals surface area contributed by atoms with Crippen LogP contribution >= 0.6 is 46.6 Å². The van der Waals surface area contributed by atoms with Crippen LogP contribution in [-0.4, -0.2) is 37.6 Å². The minimum atomic E-state index is -0.299. The summed E-state index contributed by atoms with van der Waals surface area (Å²) in [5, 5.41) is 14.6. The molecule has 0 fully saturated rings. The largest absolute Gasteiger partial charge is 0.272 e. The molecule has 33 heavy (non-hydrogen) atoms. The molecule has 0 aliphatic rings. The Morgan fingerprint density at radius 2 is 1.76 bits per heavy atom. The highest BCUT2D eigenvalue weighted by molar-refractivity contribution is 7.99. The van der Waals surface area contributed by atoms with Crippen LogP contribution in [0.1, 0.15) is 5.56 Å². The van der Waals surface area contributed by atoms with Crippen molar-refractivity contribution in [2.75, 3.05) is 5.75 Å². The second-order valence-corrected chi connectivity index (χ2v) is 8.80. The van der Waals surface area contributed by atoms with Gasteiger partial charge in [0.05, 0.1) is 22.0 Å². The smallest absolute Gasteiger partial charge is 0.250 e. The van der Waals surface area contributed by atoms with Gasteiger partial charge in [-0.15, -0.1) is 10.2 Å². The fraction of sp³-hybridized carbons (Fsp3) is 0.0455. The van der Waals surface area contributed by atoms with Crippen LogP contribution in [0, 0.1) is 0 Å². The molecule has 0 aliphatic heterocycles. The van der Waals surface area contributed by atoms with E-state index in [4.69, 9.17) is 34.8 Å². The first-order chi connectivity index (χ1) is 16.0. The molecule has 0 saturated carbocycles. The normalized spacial score (nSPS) is 11.1. The first-order valence-electron chi connectivity index (χ1n) is 9.53. The molecule has 0 bridgehead atoms. The number of benzene rings is 2. The zero-order valence-corrected chi connectivity index (χ0v) is 19.9.